The second-order valence-corrected chi connectivity index (χ2v) is 2.46. The zero-order valence-corrected chi connectivity index (χ0v) is 7.13. The fraction of sp³-hybridized carbons (Fsp3) is 0.857. The van der Waals surface area contributed by atoms with Crippen molar-refractivity contribution < 1.29 is 14.6 Å². The van der Waals surface area contributed by atoms with E-state index in [1.165, 1.54) is 0 Å². The number of hydrogen-bond acceptors (Lipinski definition) is 3. The Balaban J connectivity index is 3.67. The monoisotopic (exact) mass is 161 g/mol. The minimum absolute atomic E-state index is 0.0366. The highest BCUT2D eigenvalue weighted by Crippen LogP contribution is 1.94. The van der Waals surface area contributed by atoms with E-state index in [-0.39, 0.29) is 18.1 Å². The standard InChI is InChI=1S/C7H15NO3/c1-5(6(2)11-3)8-7(10)4-9/h5-6,9H,4H2,1-3H3,(H,8,10)/t5-,6?/m1/s1. The lowest BCUT2D eigenvalue weighted by Gasteiger charge is -2.18. The van der Waals surface area contributed by atoms with Gasteiger partial charge >= 0.3 is 0 Å². The van der Waals surface area contributed by atoms with Crippen LogP contribution in [-0.2, 0) is 9.53 Å². The lowest BCUT2D eigenvalue weighted by atomic mass is 10.2. The van der Waals surface area contributed by atoms with Crippen LogP contribution in [0, 0.1) is 0 Å². The molecule has 0 aromatic carbocycles. The Labute approximate surface area is 66.5 Å². The molecule has 0 radical (unpaired) electrons. The van der Waals surface area contributed by atoms with Gasteiger partial charge in [0, 0.05) is 7.11 Å². The average molecular weight is 161 g/mol. The molecular weight excluding hydrogens is 146 g/mol. The van der Waals surface area contributed by atoms with Gasteiger partial charge in [-0.05, 0) is 13.8 Å². The molecule has 0 spiro atoms. The van der Waals surface area contributed by atoms with Gasteiger partial charge in [0.2, 0.25) is 5.91 Å². The molecule has 2 atom stereocenters. The molecule has 0 saturated carbocycles. The molecule has 0 saturated heterocycles. The SMILES string of the molecule is COC(C)[C@@H](C)NC(=O)CO. The first kappa shape index (κ1) is 10.4. The maximum atomic E-state index is 10.6. The molecule has 0 aliphatic heterocycles. The molecule has 0 aliphatic carbocycles. The number of hydrogen-bond donors (Lipinski definition) is 2. The summed E-state index contributed by atoms with van der Waals surface area (Å²) in [7, 11) is 1.58. The van der Waals surface area contributed by atoms with E-state index in [1.54, 1.807) is 7.11 Å². The maximum Gasteiger partial charge on any atom is 0.246 e. The van der Waals surface area contributed by atoms with Gasteiger partial charge in [0.05, 0.1) is 12.1 Å². The molecule has 11 heavy (non-hydrogen) atoms. The van der Waals surface area contributed by atoms with Crippen LogP contribution < -0.4 is 5.32 Å². The summed E-state index contributed by atoms with van der Waals surface area (Å²) in [6.07, 6.45) is -0.0366. The number of nitrogens with one attached hydrogen (secondary N) is 1. The van der Waals surface area contributed by atoms with Crippen molar-refractivity contribution in [3.8, 4) is 0 Å². The predicted octanol–water partition coefficient (Wildman–Crippen LogP) is -0.482. The van der Waals surface area contributed by atoms with Crippen LogP contribution in [-0.4, -0.2) is 36.9 Å². The van der Waals surface area contributed by atoms with E-state index in [9.17, 15) is 4.79 Å². The van der Waals surface area contributed by atoms with Gasteiger partial charge < -0.3 is 15.2 Å². The molecule has 0 aliphatic rings. The third kappa shape index (κ3) is 3.95. The lowest BCUT2D eigenvalue weighted by Crippen LogP contribution is -2.41. The van der Waals surface area contributed by atoms with Gasteiger partial charge in [-0.3, -0.25) is 4.79 Å². The first-order valence-electron chi connectivity index (χ1n) is 3.54. The number of carbonyl (C=O) groups excluding carboxylic acids is 1. The zero-order chi connectivity index (χ0) is 8.85. The minimum atomic E-state index is -0.471. The second-order valence-electron chi connectivity index (χ2n) is 2.46. The Morgan fingerprint density at radius 3 is 2.55 bits per heavy atom. The molecule has 1 amide bonds. The van der Waals surface area contributed by atoms with Crippen LogP contribution in [0.2, 0.25) is 0 Å². The van der Waals surface area contributed by atoms with Crippen LogP contribution in [0.5, 0.6) is 0 Å². The summed E-state index contributed by atoms with van der Waals surface area (Å²) in [5.41, 5.74) is 0. The minimum Gasteiger partial charge on any atom is -0.387 e. The second kappa shape index (κ2) is 5.09. The predicted molar refractivity (Wildman–Crippen MR) is 41.2 cm³/mol. The lowest BCUT2D eigenvalue weighted by molar-refractivity contribution is -0.125. The van der Waals surface area contributed by atoms with E-state index in [2.05, 4.69) is 5.32 Å². The molecular formula is C7H15NO3. The molecule has 0 aromatic rings. The number of aliphatic hydroxyl groups excluding tert-OH is 1. The maximum absolute atomic E-state index is 10.6. The number of ether oxygens (including phenoxy) is 1. The van der Waals surface area contributed by atoms with Crippen LogP contribution in [0.25, 0.3) is 0 Å². The first-order chi connectivity index (χ1) is 5.11. The van der Waals surface area contributed by atoms with Crippen molar-refractivity contribution in [1.29, 1.82) is 0 Å². The summed E-state index contributed by atoms with van der Waals surface area (Å²) in [5, 5.41) is 11.0. The highest BCUT2D eigenvalue weighted by Gasteiger charge is 2.12. The van der Waals surface area contributed by atoms with Crippen LogP contribution in [0.3, 0.4) is 0 Å². The molecule has 0 heterocycles. The quantitative estimate of drug-likeness (QED) is 0.585. The number of amides is 1. The Kier molecular flexibility index (Phi) is 4.81. The summed E-state index contributed by atoms with van der Waals surface area (Å²) in [6, 6.07) is -0.0698. The fourth-order valence-electron chi connectivity index (χ4n) is 0.621. The van der Waals surface area contributed by atoms with E-state index >= 15 is 0 Å². The Hall–Kier alpha value is -0.610. The van der Waals surface area contributed by atoms with Gasteiger partial charge in [-0.25, -0.2) is 0 Å². The Bertz CT molecular complexity index is 127. The van der Waals surface area contributed by atoms with Gasteiger partial charge in [0.1, 0.15) is 6.61 Å². The highest BCUT2D eigenvalue weighted by atomic mass is 16.5. The summed E-state index contributed by atoms with van der Waals surface area (Å²) in [6.45, 7) is 3.20. The molecule has 0 aromatic heterocycles. The molecule has 0 bridgehead atoms. The molecule has 4 heteroatoms. The zero-order valence-electron chi connectivity index (χ0n) is 7.13. The normalized spacial score (nSPS) is 15.6. The van der Waals surface area contributed by atoms with Crippen molar-refractivity contribution in [2.75, 3.05) is 13.7 Å². The molecule has 4 nitrogen and oxygen atoms in total. The highest BCUT2D eigenvalue weighted by molar-refractivity contribution is 5.77. The third-order valence-corrected chi connectivity index (χ3v) is 1.61. The van der Waals surface area contributed by atoms with Crippen LogP contribution in [0.4, 0.5) is 0 Å². The number of aliphatic hydroxyl groups is 1. The summed E-state index contributed by atoms with van der Waals surface area (Å²) in [5.74, 6) is -0.374. The van der Waals surface area contributed by atoms with Crippen molar-refractivity contribution in [2.24, 2.45) is 0 Å². The van der Waals surface area contributed by atoms with Crippen LogP contribution in [0.15, 0.2) is 0 Å². The van der Waals surface area contributed by atoms with E-state index in [1.807, 2.05) is 13.8 Å². The van der Waals surface area contributed by atoms with Crippen molar-refractivity contribution in [3.05, 3.63) is 0 Å². The summed E-state index contributed by atoms with van der Waals surface area (Å²) >= 11 is 0. The summed E-state index contributed by atoms with van der Waals surface area (Å²) < 4.78 is 4.96. The molecule has 0 rings (SSSR count). The molecule has 2 N–H and O–H groups in total. The van der Waals surface area contributed by atoms with Gasteiger partial charge in [0.15, 0.2) is 0 Å². The van der Waals surface area contributed by atoms with Gasteiger partial charge in [0.25, 0.3) is 0 Å². The molecule has 1 unspecified atom stereocenters. The van der Waals surface area contributed by atoms with E-state index in [0.717, 1.165) is 0 Å². The van der Waals surface area contributed by atoms with Gasteiger partial charge in [-0.2, -0.15) is 0 Å². The smallest absolute Gasteiger partial charge is 0.246 e. The average Bonchev–Trinajstić information content (AvgIpc) is 2.02. The Morgan fingerprint density at radius 2 is 2.18 bits per heavy atom. The number of methoxy groups -OCH3 is 1. The van der Waals surface area contributed by atoms with Crippen LogP contribution in [0.1, 0.15) is 13.8 Å². The van der Waals surface area contributed by atoms with E-state index in [0.29, 0.717) is 0 Å². The number of rotatable bonds is 4. The third-order valence-electron chi connectivity index (χ3n) is 1.61. The van der Waals surface area contributed by atoms with Crippen molar-refractivity contribution >= 4 is 5.91 Å². The molecule has 0 fully saturated rings. The Morgan fingerprint density at radius 1 is 1.64 bits per heavy atom. The van der Waals surface area contributed by atoms with E-state index < -0.39 is 6.61 Å². The van der Waals surface area contributed by atoms with Crippen molar-refractivity contribution in [1.82, 2.24) is 5.32 Å². The molecule has 66 valence electrons. The summed E-state index contributed by atoms with van der Waals surface area (Å²) in [4.78, 5) is 10.6. The van der Waals surface area contributed by atoms with E-state index in [4.69, 9.17) is 9.84 Å². The topological polar surface area (TPSA) is 58.6 Å². The van der Waals surface area contributed by atoms with Gasteiger partial charge in [-0.15, -0.1) is 0 Å². The largest absolute Gasteiger partial charge is 0.387 e. The number of carbonyl (C=O) groups is 1. The van der Waals surface area contributed by atoms with Crippen LogP contribution >= 0.6 is 0 Å². The van der Waals surface area contributed by atoms with Crippen molar-refractivity contribution in [3.63, 3.8) is 0 Å². The first-order valence-corrected chi connectivity index (χ1v) is 3.54. The van der Waals surface area contributed by atoms with Crippen molar-refractivity contribution in [2.45, 2.75) is 26.0 Å². The fourth-order valence-corrected chi connectivity index (χ4v) is 0.621. The van der Waals surface area contributed by atoms with Gasteiger partial charge in [-0.1, -0.05) is 0 Å².